The lowest BCUT2D eigenvalue weighted by Crippen LogP contribution is -2.64. The second-order valence-corrected chi connectivity index (χ2v) is 6.26. The lowest BCUT2D eigenvalue weighted by atomic mass is 10.00. The van der Waals surface area contributed by atoms with Crippen LogP contribution in [-0.4, -0.2) is 28.9 Å². The average molecular weight is 290 g/mol. The fourth-order valence-corrected chi connectivity index (χ4v) is 3.29. The van der Waals surface area contributed by atoms with Crippen LogP contribution >= 0.6 is 11.3 Å². The second kappa shape index (κ2) is 4.17. The van der Waals surface area contributed by atoms with Crippen LogP contribution in [-0.2, 0) is 9.59 Å². The minimum atomic E-state index is -0.812. The molecule has 1 fully saturated rings. The Hall–Kier alpha value is -2.15. The van der Waals surface area contributed by atoms with Gasteiger partial charge in [0, 0.05) is 5.69 Å². The number of nitrogens with one attached hydrogen (secondary N) is 1. The van der Waals surface area contributed by atoms with Crippen molar-refractivity contribution in [2.24, 2.45) is 0 Å². The predicted molar refractivity (Wildman–Crippen MR) is 78.6 cm³/mol. The molecule has 0 radical (unpaired) electrons. The van der Waals surface area contributed by atoms with Crippen LogP contribution in [0.15, 0.2) is 18.2 Å². The van der Waals surface area contributed by atoms with Crippen LogP contribution in [0.3, 0.4) is 0 Å². The summed E-state index contributed by atoms with van der Waals surface area (Å²) in [4.78, 5) is 29.8. The third-order valence-electron chi connectivity index (χ3n) is 3.42. The van der Waals surface area contributed by atoms with Gasteiger partial charge in [-0.3, -0.25) is 14.9 Å². The maximum absolute atomic E-state index is 12.0. The van der Waals surface area contributed by atoms with Crippen molar-refractivity contribution in [3.63, 3.8) is 0 Å². The number of piperazine rings is 1. The van der Waals surface area contributed by atoms with E-state index < -0.39 is 5.54 Å². The summed E-state index contributed by atoms with van der Waals surface area (Å²) in [7, 11) is 0. The van der Waals surface area contributed by atoms with Gasteiger partial charge in [0.05, 0.1) is 10.2 Å². The van der Waals surface area contributed by atoms with Crippen molar-refractivity contribution in [2.45, 2.75) is 19.4 Å². The topological polar surface area (TPSA) is 88.3 Å². The fraction of sp³-hybridized carbons (Fsp3) is 0.308. The highest BCUT2D eigenvalue weighted by molar-refractivity contribution is 7.22. The first kappa shape index (κ1) is 12.9. The lowest BCUT2D eigenvalue weighted by molar-refractivity contribution is -0.135. The number of rotatable bonds is 1. The molecule has 0 atom stereocenters. The van der Waals surface area contributed by atoms with Gasteiger partial charge in [0.25, 0.3) is 5.91 Å². The SMILES string of the molecule is CC1(C)C(=O)NC(=O)CN1c1nc2ccc(N)cc2s1. The summed E-state index contributed by atoms with van der Waals surface area (Å²) in [6.07, 6.45) is 0. The molecular weight excluding hydrogens is 276 g/mol. The van der Waals surface area contributed by atoms with Gasteiger partial charge in [-0.1, -0.05) is 11.3 Å². The van der Waals surface area contributed by atoms with Crippen LogP contribution in [0.25, 0.3) is 10.2 Å². The van der Waals surface area contributed by atoms with Crippen molar-refractivity contribution in [2.75, 3.05) is 17.2 Å². The number of nitrogens with zero attached hydrogens (tertiary/aromatic N) is 2. The second-order valence-electron chi connectivity index (χ2n) is 5.25. The highest BCUT2D eigenvalue weighted by Gasteiger charge is 2.42. The minimum absolute atomic E-state index is 0.119. The standard InChI is InChI=1S/C13H14N4O2S/c1-13(2)11(19)16-10(18)6-17(13)12-15-8-4-3-7(14)5-9(8)20-12/h3-5H,6,14H2,1-2H3,(H,16,18,19). The van der Waals surface area contributed by atoms with E-state index in [1.54, 1.807) is 24.8 Å². The van der Waals surface area contributed by atoms with Crippen molar-refractivity contribution in [1.82, 2.24) is 10.3 Å². The Bertz CT molecular complexity index is 722. The highest BCUT2D eigenvalue weighted by Crippen LogP contribution is 2.34. The molecule has 1 saturated heterocycles. The number of nitrogen functional groups attached to an aromatic ring is 1. The molecular formula is C13H14N4O2S. The number of benzene rings is 1. The Labute approximate surface area is 119 Å². The fourth-order valence-electron chi connectivity index (χ4n) is 2.13. The Kier molecular flexibility index (Phi) is 2.68. The Morgan fingerprint density at radius 3 is 2.90 bits per heavy atom. The molecule has 1 aromatic carbocycles. The van der Waals surface area contributed by atoms with Gasteiger partial charge in [0.2, 0.25) is 5.91 Å². The first-order valence-electron chi connectivity index (χ1n) is 6.16. The van der Waals surface area contributed by atoms with E-state index in [1.165, 1.54) is 11.3 Å². The van der Waals surface area contributed by atoms with Crippen molar-refractivity contribution >= 4 is 44.2 Å². The number of imide groups is 1. The molecule has 3 rings (SSSR count). The van der Waals surface area contributed by atoms with Crippen LogP contribution in [0.2, 0.25) is 0 Å². The van der Waals surface area contributed by atoms with E-state index in [1.807, 2.05) is 12.1 Å². The van der Waals surface area contributed by atoms with E-state index in [9.17, 15) is 9.59 Å². The molecule has 0 bridgehead atoms. The number of aromatic nitrogens is 1. The summed E-state index contributed by atoms with van der Waals surface area (Å²) in [6, 6.07) is 5.46. The summed E-state index contributed by atoms with van der Waals surface area (Å²) >= 11 is 1.43. The largest absolute Gasteiger partial charge is 0.399 e. The molecule has 0 unspecified atom stereocenters. The smallest absolute Gasteiger partial charge is 0.251 e. The van der Waals surface area contributed by atoms with Crippen molar-refractivity contribution in [3.8, 4) is 0 Å². The van der Waals surface area contributed by atoms with E-state index in [2.05, 4.69) is 10.3 Å². The van der Waals surface area contributed by atoms with Gasteiger partial charge in [0.1, 0.15) is 12.1 Å². The normalized spacial score (nSPS) is 18.4. The molecule has 7 heteroatoms. The molecule has 104 valence electrons. The summed E-state index contributed by atoms with van der Waals surface area (Å²) in [5, 5.41) is 3.00. The van der Waals surface area contributed by atoms with Gasteiger partial charge in [-0.25, -0.2) is 4.98 Å². The summed E-state index contributed by atoms with van der Waals surface area (Å²) in [5.74, 6) is -0.624. The van der Waals surface area contributed by atoms with Crippen molar-refractivity contribution < 1.29 is 9.59 Å². The van der Waals surface area contributed by atoms with Crippen LogP contribution < -0.4 is 16.0 Å². The number of nitrogens with two attached hydrogens (primary N) is 1. The summed E-state index contributed by atoms with van der Waals surface area (Å²) in [5.41, 5.74) is 6.42. The number of carbonyl (C=O) groups is 2. The Morgan fingerprint density at radius 1 is 1.40 bits per heavy atom. The molecule has 20 heavy (non-hydrogen) atoms. The Balaban J connectivity index is 2.08. The van der Waals surface area contributed by atoms with Gasteiger partial charge in [-0.15, -0.1) is 0 Å². The molecule has 0 saturated carbocycles. The summed E-state index contributed by atoms with van der Waals surface area (Å²) < 4.78 is 0.939. The molecule has 1 aromatic heterocycles. The number of carbonyl (C=O) groups excluding carboxylic acids is 2. The zero-order valence-corrected chi connectivity index (χ0v) is 12.0. The molecule has 1 aliphatic heterocycles. The zero-order valence-electron chi connectivity index (χ0n) is 11.1. The van der Waals surface area contributed by atoms with E-state index in [4.69, 9.17) is 5.73 Å². The van der Waals surface area contributed by atoms with Crippen LogP contribution in [0.4, 0.5) is 10.8 Å². The molecule has 6 nitrogen and oxygen atoms in total. The van der Waals surface area contributed by atoms with Crippen LogP contribution in [0, 0.1) is 0 Å². The molecule has 0 aliphatic carbocycles. The lowest BCUT2D eigenvalue weighted by Gasteiger charge is -2.39. The van der Waals surface area contributed by atoms with Gasteiger partial charge >= 0.3 is 0 Å². The maximum atomic E-state index is 12.0. The van der Waals surface area contributed by atoms with E-state index in [0.29, 0.717) is 10.8 Å². The number of hydrogen-bond donors (Lipinski definition) is 2. The van der Waals surface area contributed by atoms with Crippen molar-refractivity contribution in [1.29, 1.82) is 0 Å². The number of fused-ring (bicyclic) bond motifs is 1. The molecule has 3 N–H and O–H groups in total. The molecule has 2 heterocycles. The molecule has 1 aliphatic rings. The summed E-state index contributed by atoms with van der Waals surface area (Å²) in [6.45, 7) is 3.67. The minimum Gasteiger partial charge on any atom is -0.399 e. The van der Waals surface area contributed by atoms with Crippen molar-refractivity contribution in [3.05, 3.63) is 18.2 Å². The molecule has 2 amide bonds. The first-order chi connectivity index (χ1) is 9.38. The zero-order chi connectivity index (χ0) is 14.5. The van der Waals surface area contributed by atoms with Crippen LogP contribution in [0.5, 0.6) is 0 Å². The maximum Gasteiger partial charge on any atom is 0.251 e. The van der Waals surface area contributed by atoms with E-state index in [0.717, 1.165) is 10.2 Å². The third kappa shape index (κ3) is 1.90. The molecule has 2 aromatic rings. The number of anilines is 2. The molecule has 0 spiro atoms. The van der Waals surface area contributed by atoms with Crippen LogP contribution in [0.1, 0.15) is 13.8 Å². The number of amides is 2. The average Bonchev–Trinajstić information content (AvgIpc) is 2.76. The Morgan fingerprint density at radius 2 is 2.15 bits per heavy atom. The van der Waals surface area contributed by atoms with Gasteiger partial charge in [-0.2, -0.15) is 0 Å². The first-order valence-corrected chi connectivity index (χ1v) is 6.97. The highest BCUT2D eigenvalue weighted by atomic mass is 32.1. The third-order valence-corrected chi connectivity index (χ3v) is 4.46. The van der Waals surface area contributed by atoms with Gasteiger partial charge in [-0.05, 0) is 32.0 Å². The number of thiazole rings is 1. The monoisotopic (exact) mass is 290 g/mol. The predicted octanol–water partition coefficient (Wildman–Crippen LogP) is 1.12. The van der Waals surface area contributed by atoms with Gasteiger partial charge in [0.15, 0.2) is 5.13 Å². The van der Waals surface area contributed by atoms with Gasteiger partial charge < -0.3 is 10.6 Å². The quantitative estimate of drug-likeness (QED) is 0.607. The number of hydrogen-bond acceptors (Lipinski definition) is 6. The van der Waals surface area contributed by atoms with E-state index >= 15 is 0 Å². The van der Waals surface area contributed by atoms with E-state index in [-0.39, 0.29) is 18.4 Å².